The molecule has 182 valence electrons. The third-order valence-corrected chi connectivity index (χ3v) is 5.07. The van der Waals surface area contributed by atoms with Crippen molar-refractivity contribution in [2.24, 2.45) is 4.99 Å². The Morgan fingerprint density at radius 2 is 1.62 bits per heavy atom. The van der Waals surface area contributed by atoms with Gasteiger partial charge in [0.25, 0.3) is 0 Å². The summed E-state index contributed by atoms with van der Waals surface area (Å²) in [5, 5.41) is 12.9. The van der Waals surface area contributed by atoms with E-state index in [-0.39, 0.29) is 28.6 Å². The highest BCUT2D eigenvalue weighted by Crippen LogP contribution is 2.40. The number of dihydropyridines is 1. The molecule has 0 aliphatic carbocycles. The van der Waals surface area contributed by atoms with Crippen molar-refractivity contribution < 1.29 is 33.7 Å². The van der Waals surface area contributed by atoms with Gasteiger partial charge in [0.2, 0.25) is 0 Å². The summed E-state index contributed by atoms with van der Waals surface area (Å²) in [6.45, 7) is 8.21. The van der Waals surface area contributed by atoms with E-state index in [1.165, 1.54) is 27.4 Å². The zero-order valence-corrected chi connectivity index (χ0v) is 20.4. The van der Waals surface area contributed by atoms with Crippen molar-refractivity contribution in [1.82, 2.24) is 5.32 Å². The molecule has 1 aromatic carbocycles. The van der Waals surface area contributed by atoms with Gasteiger partial charge in [-0.05, 0) is 52.3 Å². The first-order valence-electron chi connectivity index (χ1n) is 10.6. The number of aliphatic hydroxyl groups is 1. The zero-order chi connectivity index (χ0) is 25.6. The van der Waals surface area contributed by atoms with Gasteiger partial charge in [0.05, 0.1) is 43.1 Å². The van der Waals surface area contributed by atoms with Gasteiger partial charge in [-0.15, -0.1) is 0 Å². The van der Waals surface area contributed by atoms with Crippen LogP contribution in [0.1, 0.15) is 46.1 Å². The number of hydrogen-bond donors (Lipinski definition) is 2. The molecule has 0 bridgehead atoms. The predicted octanol–water partition coefficient (Wildman–Crippen LogP) is 3.75. The lowest BCUT2D eigenvalue weighted by Gasteiger charge is -2.30. The van der Waals surface area contributed by atoms with Gasteiger partial charge >= 0.3 is 17.9 Å². The molecule has 0 fully saturated rings. The smallest absolute Gasteiger partial charge is 0.343 e. The molecular formula is C25H30N2O7. The molecule has 1 aromatic rings. The van der Waals surface area contributed by atoms with Gasteiger partial charge in [-0.1, -0.05) is 12.1 Å². The van der Waals surface area contributed by atoms with Gasteiger partial charge in [0, 0.05) is 17.6 Å². The van der Waals surface area contributed by atoms with E-state index in [1.54, 1.807) is 52.0 Å². The molecule has 0 amide bonds. The molecule has 1 heterocycles. The van der Waals surface area contributed by atoms with E-state index in [2.05, 4.69) is 10.3 Å². The average Bonchev–Trinajstić information content (AvgIpc) is 2.77. The highest BCUT2D eigenvalue weighted by atomic mass is 16.5. The van der Waals surface area contributed by atoms with Crippen LogP contribution in [-0.4, -0.2) is 49.6 Å². The molecule has 1 aliphatic rings. The number of hydrogen-bond acceptors (Lipinski definition) is 9. The van der Waals surface area contributed by atoms with Crippen molar-refractivity contribution in [1.29, 1.82) is 0 Å². The highest BCUT2D eigenvalue weighted by molar-refractivity contribution is 6.10. The number of aliphatic hydroxyl groups excluding tert-OH is 1. The average molecular weight is 471 g/mol. The summed E-state index contributed by atoms with van der Waals surface area (Å²) in [5.41, 5.74) is 2.56. The molecular weight excluding hydrogens is 440 g/mol. The number of allylic oxidation sites excluding steroid dienone is 3. The number of nitrogens with zero attached hydrogens (tertiary/aromatic N) is 1. The Morgan fingerprint density at radius 3 is 2.09 bits per heavy atom. The number of methoxy groups -OCH3 is 2. The van der Waals surface area contributed by atoms with Crippen LogP contribution in [0.5, 0.6) is 0 Å². The van der Waals surface area contributed by atoms with E-state index in [9.17, 15) is 19.5 Å². The zero-order valence-electron chi connectivity index (χ0n) is 20.4. The Kier molecular flexibility index (Phi) is 8.77. The lowest BCUT2D eigenvalue weighted by Crippen LogP contribution is -2.32. The van der Waals surface area contributed by atoms with Crippen LogP contribution in [0.4, 0.5) is 5.69 Å². The van der Waals surface area contributed by atoms with Crippen LogP contribution in [0.25, 0.3) is 0 Å². The number of aliphatic imine (C=N–C) groups is 1. The minimum absolute atomic E-state index is 0.0852. The molecule has 0 saturated heterocycles. The van der Waals surface area contributed by atoms with Crippen molar-refractivity contribution in [3.05, 3.63) is 63.7 Å². The van der Waals surface area contributed by atoms with Gasteiger partial charge in [0.15, 0.2) is 0 Å². The van der Waals surface area contributed by atoms with Gasteiger partial charge in [-0.25, -0.2) is 14.4 Å². The molecule has 9 heteroatoms. The summed E-state index contributed by atoms with van der Waals surface area (Å²) >= 11 is 0. The lowest BCUT2D eigenvalue weighted by molar-refractivity contribution is -0.142. The number of benzene rings is 1. The van der Waals surface area contributed by atoms with E-state index in [0.717, 1.165) is 0 Å². The quantitative estimate of drug-likeness (QED) is 0.203. The van der Waals surface area contributed by atoms with Crippen molar-refractivity contribution >= 4 is 29.8 Å². The van der Waals surface area contributed by atoms with Crippen molar-refractivity contribution in [3.8, 4) is 0 Å². The Balaban J connectivity index is 2.57. The van der Waals surface area contributed by atoms with Crippen LogP contribution in [0.15, 0.2) is 63.1 Å². The summed E-state index contributed by atoms with van der Waals surface area (Å²) in [5.74, 6) is -2.88. The molecule has 0 aromatic heterocycles. The Bertz CT molecular complexity index is 1070. The summed E-state index contributed by atoms with van der Waals surface area (Å²) in [6.07, 6.45) is 0.851. The lowest BCUT2D eigenvalue weighted by atomic mass is 9.80. The molecule has 1 aliphatic heterocycles. The monoisotopic (exact) mass is 470 g/mol. The minimum Gasteiger partial charge on any atom is -0.512 e. The molecule has 0 unspecified atom stereocenters. The minimum atomic E-state index is -0.767. The molecule has 34 heavy (non-hydrogen) atoms. The SMILES string of the molecule is COC(=O)C1=C(C)NC(C)=C(C(=O)OC)C1c1cccc(N=C/C(C(=O)OC(C)C)=C(\C)O)c1. The molecule has 0 radical (unpaired) electrons. The standard InChI is InChI=1S/C25H30N2O7/c1-13(2)34-23(29)19(16(5)28)12-26-18-10-8-9-17(11-18)22-20(24(30)32-6)14(3)27-15(4)21(22)25(31)33-7/h8-13,22,27-28H,1-7H3/b19-16-,26-12?. The number of rotatable bonds is 7. The number of carbonyl (C=O) groups is 3. The fourth-order valence-corrected chi connectivity index (χ4v) is 3.58. The van der Waals surface area contributed by atoms with Crippen LogP contribution in [0.2, 0.25) is 0 Å². The number of ether oxygens (including phenoxy) is 3. The first-order chi connectivity index (χ1) is 16.0. The maximum atomic E-state index is 12.7. The van der Waals surface area contributed by atoms with Crippen LogP contribution in [0.3, 0.4) is 0 Å². The maximum absolute atomic E-state index is 12.7. The van der Waals surface area contributed by atoms with Crippen LogP contribution in [0, 0.1) is 0 Å². The molecule has 2 rings (SSSR count). The van der Waals surface area contributed by atoms with Crippen molar-refractivity contribution in [2.75, 3.05) is 14.2 Å². The first-order valence-corrected chi connectivity index (χ1v) is 10.6. The molecule has 2 N–H and O–H groups in total. The third-order valence-electron chi connectivity index (χ3n) is 5.07. The molecule has 0 spiro atoms. The van der Waals surface area contributed by atoms with Crippen molar-refractivity contribution in [3.63, 3.8) is 0 Å². The number of esters is 3. The molecule has 0 saturated carbocycles. The first kappa shape index (κ1) is 26.4. The Hall–Kier alpha value is -3.88. The highest BCUT2D eigenvalue weighted by Gasteiger charge is 2.37. The summed E-state index contributed by atoms with van der Waals surface area (Å²) in [7, 11) is 2.54. The molecule has 9 nitrogen and oxygen atoms in total. The maximum Gasteiger partial charge on any atom is 0.343 e. The van der Waals surface area contributed by atoms with E-state index in [4.69, 9.17) is 14.2 Å². The second-order valence-electron chi connectivity index (χ2n) is 7.92. The Labute approximate surface area is 198 Å². The molecule has 0 atom stereocenters. The van der Waals surface area contributed by atoms with Crippen LogP contribution >= 0.6 is 0 Å². The van der Waals surface area contributed by atoms with Gasteiger partial charge in [0.1, 0.15) is 11.3 Å². The predicted molar refractivity (Wildman–Crippen MR) is 126 cm³/mol. The summed E-state index contributed by atoms with van der Waals surface area (Å²) < 4.78 is 15.1. The van der Waals surface area contributed by atoms with E-state index < -0.39 is 23.8 Å². The third kappa shape index (κ3) is 5.92. The van der Waals surface area contributed by atoms with Crippen LogP contribution in [-0.2, 0) is 28.6 Å². The van der Waals surface area contributed by atoms with Gasteiger partial charge in [-0.3, -0.25) is 4.99 Å². The fourth-order valence-electron chi connectivity index (χ4n) is 3.58. The van der Waals surface area contributed by atoms with E-state index >= 15 is 0 Å². The normalized spacial score (nSPS) is 15.3. The van der Waals surface area contributed by atoms with Crippen LogP contribution < -0.4 is 5.32 Å². The second kappa shape index (κ2) is 11.3. The van der Waals surface area contributed by atoms with E-state index in [0.29, 0.717) is 22.6 Å². The Morgan fingerprint density at radius 1 is 1.06 bits per heavy atom. The van der Waals surface area contributed by atoms with Crippen molar-refractivity contribution in [2.45, 2.75) is 46.6 Å². The summed E-state index contributed by atoms with van der Waals surface area (Å²) in [4.78, 5) is 41.9. The number of carbonyl (C=O) groups excluding carboxylic acids is 3. The van der Waals surface area contributed by atoms with E-state index in [1.807, 2.05) is 0 Å². The topological polar surface area (TPSA) is 124 Å². The largest absolute Gasteiger partial charge is 0.512 e. The van der Waals surface area contributed by atoms with Gasteiger partial charge < -0.3 is 24.6 Å². The van der Waals surface area contributed by atoms with Gasteiger partial charge in [-0.2, -0.15) is 0 Å². The fraction of sp³-hybridized carbons (Fsp3) is 0.360. The number of nitrogens with one attached hydrogen (secondary N) is 1. The summed E-state index contributed by atoms with van der Waals surface area (Å²) in [6, 6.07) is 6.82. The second-order valence-corrected chi connectivity index (χ2v) is 7.92.